The van der Waals surface area contributed by atoms with Gasteiger partial charge in [-0.1, -0.05) is 36.8 Å². The van der Waals surface area contributed by atoms with E-state index in [1.807, 2.05) is 6.92 Å². The summed E-state index contributed by atoms with van der Waals surface area (Å²) in [6.07, 6.45) is 0.266. The molecule has 0 heterocycles. The van der Waals surface area contributed by atoms with Crippen molar-refractivity contribution in [2.24, 2.45) is 0 Å². The second kappa shape index (κ2) is 12.0. The maximum absolute atomic E-state index is 13.7. The van der Waals surface area contributed by atoms with E-state index in [4.69, 9.17) is 0 Å². The van der Waals surface area contributed by atoms with Crippen LogP contribution in [0.25, 0.3) is 0 Å². The van der Waals surface area contributed by atoms with Crippen LogP contribution in [-0.2, 0) is 26.2 Å². The van der Waals surface area contributed by atoms with E-state index in [1.54, 1.807) is 31.2 Å². The average Bonchev–Trinajstić information content (AvgIpc) is 2.88. The third kappa shape index (κ3) is 6.71. The van der Waals surface area contributed by atoms with Gasteiger partial charge in [0.15, 0.2) is 0 Å². The minimum absolute atomic E-state index is 0.0383. The number of rotatable bonds is 10. The number of nitrogens with zero attached hydrogens (tertiary/aromatic N) is 2. The Labute approximate surface area is 215 Å². The molecule has 10 heteroatoms. The number of likely N-dealkylation sites (N-methyl/N-ethyl adjacent to an activating group) is 1. The molecule has 0 aliphatic heterocycles. The standard InChI is InChI=1S/C27H29F2N3O4S/c1-4-25(27(34)30-3)31(17-20-7-9-21(28)10-8-20)26(33)18-32(23-13-5-19(2)6-14-23)37(35,36)24-15-11-22(29)12-16-24/h5-16,25H,4,17-18H2,1-3H3,(H,30,34). The molecule has 0 bridgehead atoms. The van der Waals surface area contributed by atoms with Gasteiger partial charge in [-0.2, -0.15) is 0 Å². The van der Waals surface area contributed by atoms with Gasteiger partial charge >= 0.3 is 0 Å². The number of halogens is 2. The zero-order chi connectivity index (χ0) is 27.2. The van der Waals surface area contributed by atoms with Gasteiger partial charge in [0, 0.05) is 13.6 Å². The molecule has 1 N–H and O–H groups in total. The van der Waals surface area contributed by atoms with Gasteiger partial charge in [0.2, 0.25) is 11.8 Å². The lowest BCUT2D eigenvalue weighted by Gasteiger charge is -2.33. The van der Waals surface area contributed by atoms with Crippen LogP contribution in [0.3, 0.4) is 0 Å². The van der Waals surface area contributed by atoms with E-state index < -0.39 is 46.1 Å². The normalized spacial score (nSPS) is 12.0. The molecular formula is C27H29F2N3O4S. The molecule has 37 heavy (non-hydrogen) atoms. The summed E-state index contributed by atoms with van der Waals surface area (Å²) in [6, 6.07) is 15.5. The topological polar surface area (TPSA) is 86.8 Å². The number of hydrogen-bond acceptors (Lipinski definition) is 4. The number of anilines is 1. The van der Waals surface area contributed by atoms with E-state index in [0.717, 1.165) is 34.1 Å². The van der Waals surface area contributed by atoms with Gasteiger partial charge in [-0.05, 0) is 67.4 Å². The second-order valence-electron chi connectivity index (χ2n) is 8.49. The number of sulfonamides is 1. The van der Waals surface area contributed by atoms with Crippen LogP contribution in [0.4, 0.5) is 14.5 Å². The number of benzene rings is 3. The fourth-order valence-electron chi connectivity index (χ4n) is 3.85. The van der Waals surface area contributed by atoms with E-state index >= 15 is 0 Å². The molecule has 0 aliphatic carbocycles. The second-order valence-corrected chi connectivity index (χ2v) is 10.3. The van der Waals surface area contributed by atoms with Crippen molar-refractivity contribution < 1.29 is 26.8 Å². The van der Waals surface area contributed by atoms with Crippen LogP contribution >= 0.6 is 0 Å². The molecule has 1 atom stereocenters. The van der Waals surface area contributed by atoms with Gasteiger partial charge in [0.25, 0.3) is 10.0 Å². The highest BCUT2D eigenvalue weighted by atomic mass is 32.2. The molecule has 0 spiro atoms. The molecule has 0 fully saturated rings. The first-order chi connectivity index (χ1) is 17.6. The Morgan fingerprint density at radius 2 is 1.43 bits per heavy atom. The number of aryl methyl sites for hydroxylation is 1. The quantitative estimate of drug-likeness (QED) is 0.430. The van der Waals surface area contributed by atoms with Gasteiger partial charge in [-0.15, -0.1) is 0 Å². The van der Waals surface area contributed by atoms with Crippen molar-refractivity contribution in [3.05, 3.63) is 95.6 Å². The largest absolute Gasteiger partial charge is 0.357 e. The van der Waals surface area contributed by atoms with Crippen LogP contribution in [0.2, 0.25) is 0 Å². The summed E-state index contributed by atoms with van der Waals surface area (Å²) in [5, 5.41) is 2.54. The van der Waals surface area contributed by atoms with Crippen molar-refractivity contribution in [1.29, 1.82) is 0 Å². The van der Waals surface area contributed by atoms with E-state index in [2.05, 4.69) is 5.32 Å². The smallest absolute Gasteiger partial charge is 0.264 e. The van der Waals surface area contributed by atoms with E-state index in [9.17, 15) is 26.8 Å². The molecule has 3 aromatic carbocycles. The monoisotopic (exact) mass is 529 g/mol. The van der Waals surface area contributed by atoms with Crippen molar-refractivity contribution in [2.75, 3.05) is 17.9 Å². The molecule has 2 amide bonds. The van der Waals surface area contributed by atoms with Crippen molar-refractivity contribution in [2.45, 2.75) is 37.8 Å². The number of carbonyl (C=O) groups is 2. The minimum atomic E-state index is -4.28. The molecule has 0 saturated heterocycles. The Morgan fingerprint density at radius 3 is 1.95 bits per heavy atom. The highest BCUT2D eigenvalue weighted by Gasteiger charge is 2.33. The van der Waals surface area contributed by atoms with E-state index in [0.29, 0.717) is 5.56 Å². The summed E-state index contributed by atoms with van der Waals surface area (Å²) in [6.45, 7) is 2.92. The van der Waals surface area contributed by atoms with Crippen LogP contribution in [0.1, 0.15) is 24.5 Å². The number of amides is 2. The van der Waals surface area contributed by atoms with Crippen LogP contribution < -0.4 is 9.62 Å². The fraction of sp³-hybridized carbons (Fsp3) is 0.259. The molecule has 3 aromatic rings. The Hall–Kier alpha value is -3.79. The number of hydrogen-bond donors (Lipinski definition) is 1. The third-order valence-electron chi connectivity index (χ3n) is 5.90. The highest BCUT2D eigenvalue weighted by molar-refractivity contribution is 7.92. The maximum Gasteiger partial charge on any atom is 0.264 e. The SMILES string of the molecule is CCC(C(=O)NC)N(Cc1ccc(F)cc1)C(=O)CN(c1ccc(C)cc1)S(=O)(=O)c1ccc(F)cc1. The van der Waals surface area contributed by atoms with Crippen molar-refractivity contribution >= 4 is 27.5 Å². The van der Waals surface area contributed by atoms with E-state index in [1.165, 1.54) is 36.2 Å². The summed E-state index contributed by atoms with van der Waals surface area (Å²) in [5.74, 6) is -2.10. The summed E-state index contributed by atoms with van der Waals surface area (Å²) in [5.41, 5.74) is 1.69. The molecule has 196 valence electrons. The van der Waals surface area contributed by atoms with Gasteiger partial charge in [0.1, 0.15) is 24.2 Å². The summed E-state index contributed by atoms with van der Waals surface area (Å²) in [4.78, 5) is 27.5. The number of nitrogens with one attached hydrogen (secondary N) is 1. The number of carbonyl (C=O) groups excluding carboxylic acids is 2. The lowest BCUT2D eigenvalue weighted by Crippen LogP contribution is -2.51. The summed E-state index contributed by atoms with van der Waals surface area (Å²) < 4.78 is 55.1. The molecule has 0 saturated carbocycles. The Balaban J connectivity index is 2.04. The first-order valence-corrected chi connectivity index (χ1v) is 13.1. The Kier molecular flexibility index (Phi) is 8.99. The Morgan fingerprint density at radius 1 is 0.892 bits per heavy atom. The van der Waals surface area contributed by atoms with Gasteiger partial charge in [-0.25, -0.2) is 17.2 Å². The zero-order valence-electron chi connectivity index (χ0n) is 20.8. The lowest BCUT2D eigenvalue weighted by atomic mass is 10.1. The molecule has 0 radical (unpaired) electrons. The first kappa shape index (κ1) is 27.8. The summed E-state index contributed by atoms with van der Waals surface area (Å²) >= 11 is 0. The van der Waals surface area contributed by atoms with Crippen LogP contribution in [0.5, 0.6) is 0 Å². The Bertz CT molecular complexity index is 1330. The lowest BCUT2D eigenvalue weighted by molar-refractivity contribution is -0.140. The van der Waals surface area contributed by atoms with Crippen LogP contribution in [0.15, 0.2) is 77.7 Å². The van der Waals surface area contributed by atoms with Crippen LogP contribution in [0, 0.1) is 18.6 Å². The molecule has 0 aliphatic rings. The third-order valence-corrected chi connectivity index (χ3v) is 7.69. The molecular weight excluding hydrogens is 500 g/mol. The van der Waals surface area contributed by atoms with Gasteiger partial charge < -0.3 is 10.2 Å². The molecule has 1 unspecified atom stereocenters. The molecule has 7 nitrogen and oxygen atoms in total. The predicted molar refractivity (Wildman–Crippen MR) is 137 cm³/mol. The van der Waals surface area contributed by atoms with Crippen LogP contribution in [-0.4, -0.2) is 44.8 Å². The zero-order valence-corrected chi connectivity index (χ0v) is 21.6. The van der Waals surface area contributed by atoms with Crippen molar-refractivity contribution in [3.8, 4) is 0 Å². The van der Waals surface area contributed by atoms with Gasteiger partial charge in [-0.3, -0.25) is 13.9 Å². The predicted octanol–water partition coefficient (Wildman–Crippen LogP) is 4.02. The minimum Gasteiger partial charge on any atom is -0.357 e. The first-order valence-electron chi connectivity index (χ1n) is 11.7. The maximum atomic E-state index is 13.7. The fourth-order valence-corrected chi connectivity index (χ4v) is 5.26. The average molecular weight is 530 g/mol. The highest BCUT2D eigenvalue weighted by Crippen LogP contribution is 2.25. The van der Waals surface area contributed by atoms with Gasteiger partial charge in [0.05, 0.1) is 10.6 Å². The van der Waals surface area contributed by atoms with Crippen molar-refractivity contribution in [1.82, 2.24) is 10.2 Å². The van der Waals surface area contributed by atoms with Crippen molar-refractivity contribution in [3.63, 3.8) is 0 Å². The molecule has 0 aromatic heterocycles. The molecule has 3 rings (SSSR count). The summed E-state index contributed by atoms with van der Waals surface area (Å²) in [7, 11) is -2.83. The van der Waals surface area contributed by atoms with E-state index in [-0.39, 0.29) is 23.5 Å².